The van der Waals surface area contributed by atoms with E-state index in [1.165, 1.54) is 0 Å². The summed E-state index contributed by atoms with van der Waals surface area (Å²) in [7, 11) is 0. The van der Waals surface area contributed by atoms with Crippen LogP contribution in [-0.2, 0) is 4.79 Å². The molecule has 0 unspecified atom stereocenters. The molecular weight excluding hydrogens is 278 g/mol. The standard InChI is InChI=1S/C17H23N3O2/c1-13-10-14(12-18-11-13)16(22)20-8-5-17(6-9-20)3-2-15(21)19-7-4-17/h10-12H,2-9H2,1H3,(H,19,21). The summed E-state index contributed by atoms with van der Waals surface area (Å²) in [5.41, 5.74) is 1.92. The van der Waals surface area contributed by atoms with Gasteiger partial charge in [0.05, 0.1) is 5.56 Å². The number of aryl methyl sites for hydroxylation is 1. The molecule has 1 N–H and O–H groups in total. The van der Waals surface area contributed by atoms with E-state index in [4.69, 9.17) is 0 Å². The predicted octanol–water partition coefficient (Wildman–Crippen LogP) is 1.91. The lowest BCUT2D eigenvalue weighted by atomic mass is 9.73. The first kappa shape index (κ1) is 15.0. The second-order valence-corrected chi connectivity index (χ2v) is 6.64. The zero-order valence-electron chi connectivity index (χ0n) is 13.1. The summed E-state index contributed by atoms with van der Waals surface area (Å²) in [5, 5.41) is 2.95. The number of carbonyl (C=O) groups excluding carboxylic acids is 2. The van der Waals surface area contributed by atoms with E-state index in [0.29, 0.717) is 12.0 Å². The van der Waals surface area contributed by atoms with Gasteiger partial charge in [-0.15, -0.1) is 0 Å². The summed E-state index contributed by atoms with van der Waals surface area (Å²) >= 11 is 0. The van der Waals surface area contributed by atoms with Crippen molar-refractivity contribution in [2.45, 2.75) is 39.0 Å². The van der Waals surface area contributed by atoms with Gasteiger partial charge in [0.25, 0.3) is 5.91 Å². The second-order valence-electron chi connectivity index (χ2n) is 6.64. The van der Waals surface area contributed by atoms with Crippen molar-refractivity contribution in [2.75, 3.05) is 19.6 Å². The van der Waals surface area contributed by atoms with Crippen LogP contribution < -0.4 is 5.32 Å². The largest absolute Gasteiger partial charge is 0.356 e. The van der Waals surface area contributed by atoms with Crippen LogP contribution in [0.5, 0.6) is 0 Å². The minimum atomic E-state index is 0.0777. The van der Waals surface area contributed by atoms with E-state index in [-0.39, 0.29) is 17.2 Å². The molecule has 1 aromatic rings. The van der Waals surface area contributed by atoms with Gasteiger partial charge in [-0.25, -0.2) is 0 Å². The van der Waals surface area contributed by atoms with Gasteiger partial charge in [0.1, 0.15) is 0 Å². The molecule has 0 aliphatic carbocycles. The Bertz CT molecular complexity index is 577. The van der Waals surface area contributed by atoms with Gasteiger partial charge in [0.2, 0.25) is 5.91 Å². The lowest BCUT2D eigenvalue weighted by Crippen LogP contribution is -2.43. The predicted molar refractivity (Wildman–Crippen MR) is 83.4 cm³/mol. The monoisotopic (exact) mass is 301 g/mol. The van der Waals surface area contributed by atoms with Crippen LogP contribution in [0.3, 0.4) is 0 Å². The van der Waals surface area contributed by atoms with E-state index in [1.54, 1.807) is 12.4 Å². The van der Waals surface area contributed by atoms with Crippen molar-refractivity contribution in [3.63, 3.8) is 0 Å². The van der Waals surface area contributed by atoms with Gasteiger partial charge in [0.15, 0.2) is 0 Å². The van der Waals surface area contributed by atoms with E-state index < -0.39 is 0 Å². The Morgan fingerprint density at radius 1 is 1.23 bits per heavy atom. The van der Waals surface area contributed by atoms with Crippen LogP contribution in [0.15, 0.2) is 18.5 Å². The number of hydrogen-bond donors (Lipinski definition) is 1. The fourth-order valence-electron chi connectivity index (χ4n) is 3.60. The number of nitrogens with zero attached hydrogens (tertiary/aromatic N) is 2. The number of pyridine rings is 1. The van der Waals surface area contributed by atoms with Crippen molar-refractivity contribution >= 4 is 11.8 Å². The maximum absolute atomic E-state index is 12.6. The highest BCUT2D eigenvalue weighted by Gasteiger charge is 2.37. The van der Waals surface area contributed by atoms with Crippen molar-refractivity contribution in [3.8, 4) is 0 Å². The maximum Gasteiger partial charge on any atom is 0.255 e. The average Bonchev–Trinajstić information content (AvgIpc) is 2.70. The van der Waals surface area contributed by atoms with E-state index in [9.17, 15) is 9.59 Å². The zero-order valence-corrected chi connectivity index (χ0v) is 13.1. The van der Waals surface area contributed by atoms with Gasteiger partial charge < -0.3 is 10.2 Å². The lowest BCUT2D eigenvalue weighted by molar-refractivity contribution is -0.121. The number of piperidine rings is 1. The van der Waals surface area contributed by atoms with Crippen molar-refractivity contribution in [2.24, 2.45) is 5.41 Å². The fourth-order valence-corrected chi connectivity index (χ4v) is 3.60. The maximum atomic E-state index is 12.6. The Morgan fingerprint density at radius 2 is 2.00 bits per heavy atom. The van der Waals surface area contributed by atoms with Gasteiger partial charge >= 0.3 is 0 Å². The molecule has 2 saturated heterocycles. The number of hydrogen-bond acceptors (Lipinski definition) is 3. The second kappa shape index (κ2) is 6.07. The average molecular weight is 301 g/mol. The number of rotatable bonds is 1. The molecule has 5 heteroatoms. The molecule has 0 saturated carbocycles. The van der Waals surface area contributed by atoms with Gasteiger partial charge in [-0.3, -0.25) is 14.6 Å². The van der Waals surface area contributed by atoms with E-state index in [0.717, 1.165) is 50.9 Å². The molecule has 2 aliphatic rings. The molecule has 3 heterocycles. The van der Waals surface area contributed by atoms with Gasteiger partial charge in [-0.1, -0.05) is 0 Å². The van der Waals surface area contributed by atoms with E-state index in [1.807, 2.05) is 17.9 Å². The molecule has 0 bridgehead atoms. The third-order valence-corrected chi connectivity index (χ3v) is 5.09. The SMILES string of the molecule is Cc1cncc(C(=O)N2CCC3(CCNC(=O)CC3)CC2)c1. The van der Waals surface area contributed by atoms with Crippen molar-refractivity contribution in [1.29, 1.82) is 0 Å². The van der Waals surface area contributed by atoms with Crippen LogP contribution in [0.2, 0.25) is 0 Å². The number of aromatic nitrogens is 1. The molecule has 2 amide bonds. The molecule has 2 aliphatic heterocycles. The molecule has 5 nitrogen and oxygen atoms in total. The van der Waals surface area contributed by atoms with Crippen molar-refractivity contribution in [3.05, 3.63) is 29.6 Å². The topological polar surface area (TPSA) is 62.3 Å². The first-order chi connectivity index (χ1) is 10.6. The van der Waals surface area contributed by atoms with E-state index in [2.05, 4.69) is 10.3 Å². The zero-order chi connectivity index (χ0) is 15.6. The molecular formula is C17H23N3O2. The molecule has 1 aromatic heterocycles. The fraction of sp³-hybridized carbons (Fsp3) is 0.588. The van der Waals surface area contributed by atoms with Crippen LogP contribution in [0.1, 0.15) is 48.0 Å². The minimum absolute atomic E-state index is 0.0777. The number of likely N-dealkylation sites (tertiary alicyclic amines) is 1. The van der Waals surface area contributed by atoms with Crippen LogP contribution >= 0.6 is 0 Å². The van der Waals surface area contributed by atoms with Crippen LogP contribution in [0.4, 0.5) is 0 Å². The van der Waals surface area contributed by atoms with Crippen molar-refractivity contribution < 1.29 is 9.59 Å². The van der Waals surface area contributed by atoms with Crippen LogP contribution in [-0.4, -0.2) is 41.3 Å². The number of amides is 2. The summed E-state index contributed by atoms with van der Waals surface area (Å²) in [5.74, 6) is 0.245. The smallest absolute Gasteiger partial charge is 0.255 e. The molecule has 0 aromatic carbocycles. The molecule has 0 radical (unpaired) electrons. The van der Waals surface area contributed by atoms with Crippen LogP contribution in [0.25, 0.3) is 0 Å². The molecule has 0 atom stereocenters. The van der Waals surface area contributed by atoms with Crippen LogP contribution in [0, 0.1) is 12.3 Å². The third-order valence-electron chi connectivity index (χ3n) is 5.09. The molecule has 1 spiro atoms. The summed E-state index contributed by atoms with van der Waals surface area (Å²) < 4.78 is 0. The Kier molecular flexibility index (Phi) is 4.14. The third kappa shape index (κ3) is 3.13. The Hall–Kier alpha value is -1.91. The van der Waals surface area contributed by atoms with Gasteiger partial charge in [0, 0.05) is 38.4 Å². The van der Waals surface area contributed by atoms with Crippen molar-refractivity contribution in [1.82, 2.24) is 15.2 Å². The normalized spacial score (nSPS) is 21.3. The highest BCUT2D eigenvalue weighted by Crippen LogP contribution is 2.40. The summed E-state index contributed by atoms with van der Waals surface area (Å²) in [4.78, 5) is 30.1. The van der Waals surface area contributed by atoms with E-state index >= 15 is 0 Å². The Labute approximate surface area is 131 Å². The quantitative estimate of drug-likeness (QED) is 0.862. The first-order valence-corrected chi connectivity index (χ1v) is 8.06. The highest BCUT2D eigenvalue weighted by atomic mass is 16.2. The molecule has 22 heavy (non-hydrogen) atoms. The minimum Gasteiger partial charge on any atom is -0.356 e. The molecule has 3 rings (SSSR count). The summed E-state index contributed by atoms with van der Waals surface area (Å²) in [6.07, 6.45) is 8.00. The molecule has 118 valence electrons. The number of nitrogens with one attached hydrogen (secondary N) is 1. The summed E-state index contributed by atoms with van der Waals surface area (Å²) in [6, 6.07) is 1.90. The van der Waals surface area contributed by atoms with Gasteiger partial charge in [-0.05, 0) is 49.7 Å². The Morgan fingerprint density at radius 3 is 2.73 bits per heavy atom. The van der Waals surface area contributed by atoms with Gasteiger partial charge in [-0.2, -0.15) is 0 Å². The first-order valence-electron chi connectivity index (χ1n) is 8.06. The molecule has 2 fully saturated rings. The summed E-state index contributed by atoms with van der Waals surface area (Å²) in [6.45, 7) is 4.28. The lowest BCUT2D eigenvalue weighted by Gasteiger charge is -2.41. The number of carbonyl (C=O) groups is 2. The highest BCUT2D eigenvalue weighted by molar-refractivity contribution is 5.94. The Balaban J connectivity index is 1.64.